The zero-order valence-corrected chi connectivity index (χ0v) is 19.0. The van der Waals surface area contributed by atoms with E-state index in [1.54, 1.807) is 18.7 Å². The quantitative estimate of drug-likeness (QED) is 0.433. The van der Waals surface area contributed by atoms with Crippen molar-refractivity contribution in [3.8, 4) is 17.2 Å². The van der Waals surface area contributed by atoms with Crippen LogP contribution in [-0.4, -0.2) is 75.2 Å². The summed E-state index contributed by atoms with van der Waals surface area (Å²) < 4.78 is 12.7. The van der Waals surface area contributed by atoms with Crippen molar-refractivity contribution in [1.29, 1.82) is 0 Å². The van der Waals surface area contributed by atoms with E-state index in [1.165, 1.54) is 6.33 Å². The van der Waals surface area contributed by atoms with Crippen LogP contribution in [0.2, 0.25) is 0 Å². The predicted octanol–water partition coefficient (Wildman–Crippen LogP) is 2.34. The number of anilines is 1. The van der Waals surface area contributed by atoms with Gasteiger partial charge in [-0.25, -0.2) is 9.97 Å². The number of nitrogens with zero attached hydrogens (tertiary/aromatic N) is 7. The first-order valence-electron chi connectivity index (χ1n) is 11.1. The van der Waals surface area contributed by atoms with Crippen molar-refractivity contribution in [1.82, 2.24) is 29.9 Å². The number of methoxy groups -OCH3 is 1. The molecular weight excluding hydrogens is 434 g/mol. The van der Waals surface area contributed by atoms with E-state index in [4.69, 9.17) is 9.47 Å². The molecule has 1 amide bonds. The molecule has 1 aliphatic heterocycles. The lowest BCUT2D eigenvalue weighted by molar-refractivity contribution is -0.138. The highest BCUT2D eigenvalue weighted by atomic mass is 16.5. The molecule has 0 bridgehead atoms. The fourth-order valence-electron chi connectivity index (χ4n) is 4.01. The Bertz CT molecular complexity index is 1270. The Kier molecular flexibility index (Phi) is 5.94. The molecule has 5 rings (SSSR count). The largest absolute Gasteiger partial charge is 0.497 e. The molecule has 2 aromatic heterocycles. The lowest BCUT2D eigenvalue weighted by Crippen LogP contribution is -2.52. The number of fused-ring (bicyclic) bond motifs is 1. The zero-order valence-electron chi connectivity index (χ0n) is 19.0. The van der Waals surface area contributed by atoms with E-state index in [9.17, 15) is 4.79 Å². The Balaban J connectivity index is 1.28. The molecule has 0 aliphatic carbocycles. The zero-order chi connectivity index (χ0) is 23.5. The molecule has 0 unspecified atom stereocenters. The number of para-hydroxylation sites is 1. The highest BCUT2D eigenvalue weighted by Gasteiger charge is 2.28. The molecule has 10 heteroatoms. The first kappa shape index (κ1) is 21.6. The van der Waals surface area contributed by atoms with Gasteiger partial charge in [-0.2, -0.15) is 4.68 Å². The van der Waals surface area contributed by atoms with Crippen molar-refractivity contribution in [2.24, 2.45) is 0 Å². The molecule has 3 heterocycles. The molecular formula is C24H25N7O3. The summed E-state index contributed by atoms with van der Waals surface area (Å²) in [6.07, 6.45) is 0.970. The Hall–Kier alpha value is -4.21. The van der Waals surface area contributed by atoms with Gasteiger partial charge in [-0.1, -0.05) is 23.4 Å². The van der Waals surface area contributed by atoms with Gasteiger partial charge in [0.15, 0.2) is 23.1 Å². The van der Waals surface area contributed by atoms with Gasteiger partial charge in [-0.3, -0.25) is 4.79 Å². The topological polar surface area (TPSA) is 98.5 Å². The van der Waals surface area contributed by atoms with E-state index in [0.29, 0.717) is 48.9 Å². The summed E-state index contributed by atoms with van der Waals surface area (Å²) in [6, 6.07) is 16.9. The summed E-state index contributed by atoms with van der Waals surface area (Å²) in [5.41, 5.74) is 2.08. The van der Waals surface area contributed by atoms with Gasteiger partial charge in [-0.05, 0) is 43.3 Å². The number of ether oxygens (including phenoxy) is 2. The van der Waals surface area contributed by atoms with E-state index in [-0.39, 0.29) is 5.91 Å². The summed E-state index contributed by atoms with van der Waals surface area (Å²) in [6.45, 7) is 4.18. The van der Waals surface area contributed by atoms with Crippen molar-refractivity contribution in [2.45, 2.75) is 13.0 Å². The summed E-state index contributed by atoms with van der Waals surface area (Å²) in [7, 11) is 1.63. The number of rotatable bonds is 6. The van der Waals surface area contributed by atoms with Crippen molar-refractivity contribution < 1.29 is 14.3 Å². The normalized spacial score (nSPS) is 14.8. The molecule has 0 N–H and O–H groups in total. The molecule has 0 radical (unpaired) electrons. The second kappa shape index (κ2) is 9.34. The Morgan fingerprint density at radius 3 is 2.38 bits per heavy atom. The number of carbonyl (C=O) groups excluding carboxylic acids is 1. The van der Waals surface area contributed by atoms with Crippen LogP contribution < -0.4 is 14.4 Å². The van der Waals surface area contributed by atoms with E-state index in [2.05, 4.69) is 25.2 Å². The van der Waals surface area contributed by atoms with Gasteiger partial charge in [0.05, 0.1) is 12.8 Å². The number of piperazine rings is 1. The van der Waals surface area contributed by atoms with Crippen LogP contribution in [0.25, 0.3) is 16.9 Å². The maximum absolute atomic E-state index is 12.9. The van der Waals surface area contributed by atoms with Gasteiger partial charge in [0, 0.05) is 26.2 Å². The summed E-state index contributed by atoms with van der Waals surface area (Å²) >= 11 is 0. The van der Waals surface area contributed by atoms with E-state index in [0.717, 1.165) is 11.4 Å². The minimum absolute atomic E-state index is 0.0261. The number of hydrogen-bond acceptors (Lipinski definition) is 8. The number of amides is 1. The average molecular weight is 460 g/mol. The molecule has 0 saturated carbocycles. The molecule has 1 atom stereocenters. The van der Waals surface area contributed by atoms with Gasteiger partial charge in [0.25, 0.3) is 5.91 Å². The average Bonchev–Trinajstić information content (AvgIpc) is 3.33. The molecule has 1 fully saturated rings. The molecule has 1 saturated heterocycles. The van der Waals surface area contributed by atoms with Gasteiger partial charge in [0.2, 0.25) is 0 Å². The molecule has 0 spiro atoms. The fraction of sp³-hybridized carbons (Fsp3) is 0.292. The monoisotopic (exact) mass is 459 g/mol. The van der Waals surface area contributed by atoms with E-state index in [1.807, 2.05) is 59.5 Å². The SMILES string of the molecule is COc1ccc(-n2nnc3c(N4CCN(C(=O)[C@H](C)Oc5ccccc5)CC4)ncnc32)cc1. The van der Waals surface area contributed by atoms with Crippen molar-refractivity contribution in [3.63, 3.8) is 0 Å². The summed E-state index contributed by atoms with van der Waals surface area (Å²) in [4.78, 5) is 25.7. The maximum atomic E-state index is 12.9. The number of benzene rings is 2. The number of carbonyl (C=O) groups is 1. The smallest absolute Gasteiger partial charge is 0.263 e. The van der Waals surface area contributed by atoms with Crippen LogP contribution in [0.5, 0.6) is 11.5 Å². The third kappa shape index (κ3) is 4.21. The van der Waals surface area contributed by atoms with Crippen molar-refractivity contribution >= 4 is 22.9 Å². The van der Waals surface area contributed by atoms with Crippen LogP contribution >= 0.6 is 0 Å². The van der Waals surface area contributed by atoms with Gasteiger partial charge >= 0.3 is 0 Å². The third-order valence-electron chi connectivity index (χ3n) is 5.83. The number of aromatic nitrogens is 5. The van der Waals surface area contributed by atoms with Crippen LogP contribution in [0.15, 0.2) is 60.9 Å². The molecule has 4 aromatic rings. The molecule has 34 heavy (non-hydrogen) atoms. The van der Waals surface area contributed by atoms with Crippen LogP contribution in [0.4, 0.5) is 5.82 Å². The second-order valence-corrected chi connectivity index (χ2v) is 7.95. The first-order chi connectivity index (χ1) is 16.6. The highest BCUT2D eigenvalue weighted by molar-refractivity contribution is 5.84. The summed E-state index contributed by atoms with van der Waals surface area (Å²) in [5, 5.41) is 8.65. The van der Waals surface area contributed by atoms with E-state index < -0.39 is 6.10 Å². The molecule has 2 aromatic carbocycles. The lowest BCUT2D eigenvalue weighted by atomic mass is 10.2. The second-order valence-electron chi connectivity index (χ2n) is 7.95. The third-order valence-corrected chi connectivity index (χ3v) is 5.83. The maximum Gasteiger partial charge on any atom is 0.263 e. The minimum atomic E-state index is -0.552. The predicted molar refractivity (Wildman–Crippen MR) is 126 cm³/mol. The van der Waals surface area contributed by atoms with Crippen molar-refractivity contribution in [2.75, 3.05) is 38.2 Å². The number of hydrogen-bond donors (Lipinski definition) is 0. The minimum Gasteiger partial charge on any atom is -0.497 e. The fourth-order valence-corrected chi connectivity index (χ4v) is 4.01. The highest BCUT2D eigenvalue weighted by Crippen LogP contribution is 2.24. The van der Waals surface area contributed by atoms with Crippen molar-refractivity contribution in [3.05, 3.63) is 60.9 Å². The Morgan fingerprint density at radius 1 is 0.941 bits per heavy atom. The van der Waals surface area contributed by atoms with Crippen LogP contribution in [0.3, 0.4) is 0 Å². The van der Waals surface area contributed by atoms with Crippen LogP contribution in [0, 0.1) is 0 Å². The van der Waals surface area contributed by atoms with Gasteiger partial charge in [0.1, 0.15) is 17.8 Å². The molecule has 1 aliphatic rings. The van der Waals surface area contributed by atoms with Crippen LogP contribution in [0.1, 0.15) is 6.92 Å². The van der Waals surface area contributed by atoms with Gasteiger partial charge < -0.3 is 19.3 Å². The van der Waals surface area contributed by atoms with E-state index >= 15 is 0 Å². The summed E-state index contributed by atoms with van der Waals surface area (Å²) in [5.74, 6) is 2.14. The first-order valence-corrected chi connectivity index (χ1v) is 11.1. The molecule has 10 nitrogen and oxygen atoms in total. The van der Waals surface area contributed by atoms with Gasteiger partial charge in [-0.15, -0.1) is 5.10 Å². The standard InChI is InChI=1S/C24H25N7O3/c1-17(34-20-6-4-3-5-7-20)24(32)30-14-12-29(13-15-30)22-21-23(26-16-25-22)31(28-27-21)18-8-10-19(33-2)11-9-18/h3-11,16-17H,12-15H2,1-2H3/t17-/m0/s1. The Labute approximate surface area is 196 Å². The van der Waals surface area contributed by atoms with Crippen LogP contribution in [-0.2, 0) is 4.79 Å². The molecule has 174 valence electrons. The lowest BCUT2D eigenvalue weighted by Gasteiger charge is -2.36. The Morgan fingerprint density at radius 2 is 1.68 bits per heavy atom.